The van der Waals surface area contributed by atoms with Crippen molar-refractivity contribution in [3.05, 3.63) is 36.2 Å². The van der Waals surface area contributed by atoms with Crippen LogP contribution in [0.25, 0.3) is 21.9 Å². The van der Waals surface area contributed by atoms with Crippen LogP contribution < -0.4 is 20.7 Å². The molecule has 0 spiro atoms. The number of aromatic nitrogens is 5. The Kier molecular flexibility index (Phi) is 5.45. The van der Waals surface area contributed by atoms with E-state index < -0.39 is 5.60 Å². The van der Waals surface area contributed by atoms with Crippen molar-refractivity contribution in [3.8, 4) is 11.8 Å². The lowest BCUT2D eigenvalue weighted by atomic mass is 10.1. The third kappa shape index (κ3) is 4.08. The predicted molar refractivity (Wildman–Crippen MR) is 128 cm³/mol. The molecule has 4 heterocycles. The summed E-state index contributed by atoms with van der Waals surface area (Å²) in [6.07, 6.45) is 4.78. The fourth-order valence-corrected chi connectivity index (χ4v) is 4.29. The summed E-state index contributed by atoms with van der Waals surface area (Å²) in [5, 5.41) is 14.5. The molecule has 0 saturated carbocycles. The fraction of sp³-hybridized carbons (Fsp3) is 0.391. The standard InChI is InChI=1S/C23H27FN8O2/c1-23(2,33)21-27-9-14(10-28-21)34-22-30-19-17(20(31-22)32-6-4-5-13(25)11-32)15-7-12(24)8-16(26-3)18(15)29-19/h7-10,13,26,33H,4-6,11,25H2,1-3H3,(H,29,30,31)/t13-/m1/s1. The summed E-state index contributed by atoms with van der Waals surface area (Å²) in [5.41, 5.74) is 6.94. The number of aromatic amines is 1. The molecule has 1 saturated heterocycles. The van der Waals surface area contributed by atoms with Gasteiger partial charge < -0.3 is 30.8 Å². The Morgan fingerprint density at radius 2 is 2.03 bits per heavy atom. The summed E-state index contributed by atoms with van der Waals surface area (Å²) >= 11 is 0. The maximum Gasteiger partial charge on any atom is 0.326 e. The van der Waals surface area contributed by atoms with Gasteiger partial charge in [0.2, 0.25) is 0 Å². The highest BCUT2D eigenvalue weighted by molar-refractivity contribution is 6.14. The first-order chi connectivity index (χ1) is 16.2. The minimum Gasteiger partial charge on any atom is -0.421 e. The van der Waals surface area contributed by atoms with Gasteiger partial charge in [-0.25, -0.2) is 14.4 Å². The molecule has 1 aromatic carbocycles. The molecule has 0 unspecified atom stereocenters. The average Bonchev–Trinajstić information content (AvgIpc) is 3.16. The van der Waals surface area contributed by atoms with E-state index in [0.717, 1.165) is 24.9 Å². The molecule has 0 radical (unpaired) electrons. The Morgan fingerprint density at radius 1 is 1.26 bits per heavy atom. The Bertz CT molecular complexity index is 1350. The van der Waals surface area contributed by atoms with Crippen LogP contribution in [0, 0.1) is 5.82 Å². The van der Waals surface area contributed by atoms with Gasteiger partial charge in [-0.3, -0.25) is 0 Å². The van der Waals surface area contributed by atoms with Gasteiger partial charge >= 0.3 is 6.01 Å². The summed E-state index contributed by atoms with van der Waals surface area (Å²) in [6.45, 7) is 4.60. The molecule has 1 aliphatic rings. The number of rotatable bonds is 5. The van der Waals surface area contributed by atoms with Crippen LogP contribution in [0.2, 0.25) is 0 Å². The Morgan fingerprint density at radius 3 is 2.71 bits per heavy atom. The Labute approximate surface area is 195 Å². The van der Waals surface area contributed by atoms with Gasteiger partial charge in [0, 0.05) is 31.6 Å². The zero-order valence-electron chi connectivity index (χ0n) is 19.3. The van der Waals surface area contributed by atoms with Crippen LogP contribution in [-0.2, 0) is 5.60 Å². The zero-order chi connectivity index (χ0) is 24.0. The number of nitrogens with one attached hydrogen (secondary N) is 2. The molecule has 4 aromatic rings. The second kappa shape index (κ2) is 8.33. The summed E-state index contributed by atoms with van der Waals surface area (Å²) in [5.74, 6) is 0.870. The molecule has 5 N–H and O–H groups in total. The van der Waals surface area contributed by atoms with Gasteiger partial charge in [0.25, 0.3) is 0 Å². The molecule has 178 valence electrons. The number of H-pyrrole nitrogens is 1. The van der Waals surface area contributed by atoms with E-state index in [1.165, 1.54) is 24.5 Å². The van der Waals surface area contributed by atoms with Gasteiger partial charge in [-0.05, 0) is 38.8 Å². The second-order valence-electron chi connectivity index (χ2n) is 9.06. The van der Waals surface area contributed by atoms with Crippen molar-refractivity contribution in [2.45, 2.75) is 38.3 Å². The highest BCUT2D eigenvalue weighted by Crippen LogP contribution is 2.37. The Balaban J connectivity index is 1.64. The number of hydrogen-bond acceptors (Lipinski definition) is 9. The van der Waals surface area contributed by atoms with Crippen LogP contribution in [0.5, 0.6) is 11.8 Å². The molecule has 10 nitrogen and oxygen atoms in total. The van der Waals surface area contributed by atoms with Crippen molar-refractivity contribution in [2.24, 2.45) is 5.73 Å². The molecule has 1 atom stereocenters. The van der Waals surface area contributed by atoms with Crippen LogP contribution >= 0.6 is 0 Å². The molecule has 5 rings (SSSR count). The number of halogens is 1. The van der Waals surface area contributed by atoms with Gasteiger partial charge in [-0.2, -0.15) is 9.97 Å². The minimum absolute atomic E-state index is 0.0146. The Hall–Kier alpha value is -3.57. The first-order valence-electron chi connectivity index (χ1n) is 11.2. The van der Waals surface area contributed by atoms with Gasteiger partial charge in [0.1, 0.15) is 22.9 Å². The van der Waals surface area contributed by atoms with Gasteiger partial charge in [0.05, 0.1) is 29.0 Å². The lowest BCUT2D eigenvalue weighted by Crippen LogP contribution is -2.43. The van der Waals surface area contributed by atoms with Crippen LogP contribution in [0.4, 0.5) is 15.9 Å². The van der Waals surface area contributed by atoms with E-state index >= 15 is 0 Å². The number of ether oxygens (including phenoxy) is 1. The molecule has 11 heteroatoms. The summed E-state index contributed by atoms with van der Waals surface area (Å²) in [7, 11) is 1.74. The lowest BCUT2D eigenvalue weighted by molar-refractivity contribution is 0.0685. The number of aliphatic hydroxyl groups is 1. The smallest absolute Gasteiger partial charge is 0.326 e. The average molecular weight is 467 g/mol. The van der Waals surface area contributed by atoms with Crippen molar-refractivity contribution >= 4 is 33.4 Å². The topological polar surface area (TPSA) is 138 Å². The quantitative estimate of drug-likeness (QED) is 0.350. The number of anilines is 2. The first kappa shape index (κ1) is 22.2. The largest absolute Gasteiger partial charge is 0.421 e. The van der Waals surface area contributed by atoms with Crippen LogP contribution in [0.3, 0.4) is 0 Å². The second-order valence-corrected chi connectivity index (χ2v) is 9.06. The molecule has 0 bridgehead atoms. The van der Waals surface area contributed by atoms with E-state index in [0.29, 0.717) is 40.2 Å². The lowest BCUT2D eigenvalue weighted by Gasteiger charge is -2.32. The van der Waals surface area contributed by atoms with E-state index in [1.54, 1.807) is 20.9 Å². The first-order valence-corrected chi connectivity index (χ1v) is 11.2. The molecule has 0 aliphatic carbocycles. The number of hydrogen-bond donors (Lipinski definition) is 4. The maximum atomic E-state index is 14.4. The molecule has 1 fully saturated rings. The van der Waals surface area contributed by atoms with E-state index in [2.05, 4.69) is 30.2 Å². The minimum atomic E-state index is -1.17. The van der Waals surface area contributed by atoms with Crippen molar-refractivity contribution < 1.29 is 14.2 Å². The van der Waals surface area contributed by atoms with Gasteiger partial charge in [0.15, 0.2) is 11.6 Å². The number of piperidine rings is 1. The highest BCUT2D eigenvalue weighted by Gasteiger charge is 2.25. The SMILES string of the molecule is CNc1cc(F)cc2c1[nH]c1nc(Oc3cnc(C(C)(C)O)nc3)nc(N3CCC[C@@H](N)C3)c12. The van der Waals surface area contributed by atoms with E-state index in [-0.39, 0.29) is 23.7 Å². The fourth-order valence-electron chi connectivity index (χ4n) is 4.29. The summed E-state index contributed by atoms with van der Waals surface area (Å²) < 4.78 is 20.3. The van der Waals surface area contributed by atoms with Gasteiger partial charge in [-0.15, -0.1) is 0 Å². The van der Waals surface area contributed by atoms with E-state index in [1.807, 2.05) is 0 Å². The number of fused-ring (bicyclic) bond motifs is 3. The van der Waals surface area contributed by atoms with Crippen LogP contribution in [0.1, 0.15) is 32.5 Å². The monoisotopic (exact) mass is 466 g/mol. The van der Waals surface area contributed by atoms with E-state index in [4.69, 9.17) is 15.5 Å². The molecule has 1 aliphatic heterocycles. The number of nitrogens with zero attached hydrogens (tertiary/aromatic N) is 5. The highest BCUT2D eigenvalue weighted by atomic mass is 19.1. The van der Waals surface area contributed by atoms with Crippen molar-refractivity contribution in [3.63, 3.8) is 0 Å². The number of benzene rings is 1. The third-order valence-corrected chi connectivity index (χ3v) is 5.90. The van der Waals surface area contributed by atoms with Crippen molar-refractivity contribution in [1.82, 2.24) is 24.9 Å². The zero-order valence-corrected chi connectivity index (χ0v) is 19.3. The van der Waals surface area contributed by atoms with Crippen LogP contribution in [-0.4, -0.2) is 56.2 Å². The molecular weight excluding hydrogens is 439 g/mol. The third-order valence-electron chi connectivity index (χ3n) is 5.90. The summed E-state index contributed by atoms with van der Waals surface area (Å²) in [6, 6.07) is 3.02. The van der Waals surface area contributed by atoms with Crippen LogP contribution in [0.15, 0.2) is 24.5 Å². The summed E-state index contributed by atoms with van der Waals surface area (Å²) in [4.78, 5) is 23.0. The molecule has 34 heavy (non-hydrogen) atoms. The van der Waals surface area contributed by atoms with Crippen molar-refractivity contribution in [2.75, 3.05) is 30.4 Å². The number of nitrogens with two attached hydrogens (primary N) is 1. The normalized spacial score (nSPS) is 16.9. The molecule has 0 amide bonds. The van der Waals surface area contributed by atoms with E-state index in [9.17, 15) is 9.50 Å². The van der Waals surface area contributed by atoms with Crippen molar-refractivity contribution in [1.29, 1.82) is 0 Å². The molecule has 3 aromatic heterocycles. The predicted octanol–water partition coefficient (Wildman–Crippen LogP) is 3.03. The maximum absolute atomic E-state index is 14.4. The molecular formula is C23H27FN8O2. The van der Waals surface area contributed by atoms with Gasteiger partial charge in [-0.1, -0.05) is 0 Å².